The van der Waals surface area contributed by atoms with Crippen LogP contribution in [0.3, 0.4) is 0 Å². The Morgan fingerprint density at radius 3 is 2.45 bits per heavy atom. The molecule has 3 rings (SSSR count). The largest absolute Gasteiger partial charge is 0.369 e. The predicted octanol–water partition coefficient (Wildman–Crippen LogP) is 2.53. The van der Waals surface area contributed by atoms with Crippen molar-refractivity contribution in [1.82, 2.24) is 9.91 Å². The lowest BCUT2D eigenvalue weighted by Crippen LogP contribution is -2.40. The summed E-state index contributed by atoms with van der Waals surface area (Å²) in [5, 5.41) is 17.2. The van der Waals surface area contributed by atoms with Gasteiger partial charge in [0.05, 0.1) is 6.04 Å². The van der Waals surface area contributed by atoms with Gasteiger partial charge in [0.1, 0.15) is 5.84 Å². The van der Waals surface area contributed by atoms with Gasteiger partial charge in [-0.25, -0.2) is 0 Å². The molecule has 2 heterocycles. The Labute approximate surface area is 134 Å². The third-order valence-electron chi connectivity index (χ3n) is 4.40. The van der Waals surface area contributed by atoms with E-state index in [1.54, 1.807) is 13.8 Å². The van der Waals surface area contributed by atoms with Gasteiger partial charge in [-0.2, -0.15) is 5.10 Å². The van der Waals surface area contributed by atoms with Crippen LogP contribution in [-0.2, 0) is 4.79 Å². The number of carbonyl (C=O) groups excluding carboxylic acids is 1. The summed E-state index contributed by atoms with van der Waals surface area (Å²) in [6.45, 7) is 3.50. The summed E-state index contributed by atoms with van der Waals surface area (Å²) in [7, 11) is 1.87. The molecule has 116 valence electrons. The highest BCUT2D eigenvalue weighted by molar-refractivity contribution is 6.30. The summed E-state index contributed by atoms with van der Waals surface area (Å²) >= 11 is 5.92. The number of hydrazone groups is 1. The van der Waals surface area contributed by atoms with Crippen LogP contribution in [0.4, 0.5) is 0 Å². The number of halogens is 1. The molecule has 5 nitrogen and oxygen atoms in total. The van der Waals surface area contributed by atoms with E-state index < -0.39 is 6.23 Å². The van der Waals surface area contributed by atoms with Crippen LogP contribution >= 0.6 is 11.6 Å². The van der Waals surface area contributed by atoms with Crippen molar-refractivity contribution in [3.05, 3.63) is 46.0 Å². The second-order valence-corrected chi connectivity index (χ2v) is 6.15. The van der Waals surface area contributed by atoms with Gasteiger partial charge in [0.2, 0.25) is 0 Å². The summed E-state index contributed by atoms with van der Waals surface area (Å²) in [4.78, 5) is 13.7. The molecule has 2 aliphatic rings. The van der Waals surface area contributed by atoms with Crippen LogP contribution < -0.4 is 0 Å². The molecule has 1 N–H and O–H groups in total. The minimum atomic E-state index is -0.913. The molecule has 2 unspecified atom stereocenters. The maximum atomic E-state index is 12.3. The molecule has 6 heteroatoms. The van der Waals surface area contributed by atoms with Crippen LogP contribution in [0.1, 0.15) is 31.9 Å². The molecule has 0 aliphatic carbocycles. The van der Waals surface area contributed by atoms with Crippen LogP contribution in [0.5, 0.6) is 0 Å². The highest BCUT2D eigenvalue weighted by Gasteiger charge is 2.40. The number of benzene rings is 1. The van der Waals surface area contributed by atoms with Crippen molar-refractivity contribution < 1.29 is 9.90 Å². The molecule has 22 heavy (non-hydrogen) atoms. The Morgan fingerprint density at radius 1 is 1.27 bits per heavy atom. The molecule has 1 aromatic carbocycles. The van der Waals surface area contributed by atoms with Gasteiger partial charge in [-0.15, -0.1) is 0 Å². The van der Waals surface area contributed by atoms with Crippen molar-refractivity contribution in [2.24, 2.45) is 5.10 Å². The number of carbonyl (C=O) groups is 1. The summed E-state index contributed by atoms with van der Waals surface area (Å²) in [5.41, 5.74) is 2.35. The monoisotopic (exact) mass is 319 g/mol. The summed E-state index contributed by atoms with van der Waals surface area (Å²) < 4.78 is 0. The zero-order valence-electron chi connectivity index (χ0n) is 12.7. The van der Waals surface area contributed by atoms with Crippen LogP contribution in [0.15, 0.2) is 40.5 Å². The molecule has 2 atom stereocenters. The molecule has 1 aromatic rings. The topological polar surface area (TPSA) is 56.1 Å². The number of rotatable bonds is 1. The first-order valence-electron chi connectivity index (χ1n) is 7.15. The molecule has 0 radical (unpaired) electrons. The van der Waals surface area contributed by atoms with Gasteiger partial charge in [0, 0.05) is 24.1 Å². The first-order valence-corrected chi connectivity index (χ1v) is 7.52. The SMILES string of the molecule is CC1=C(C)C(O)N(C2=NN(C)C(c3ccc(Cl)cc3)C2)C1=O. The molecule has 0 aromatic heterocycles. The highest BCUT2D eigenvalue weighted by atomic mass is 35.5. The van der Waals surface area contributed by atoms with E-state index in [0.717, 1.165) is 5.56 Å². The van der Waals surface area contributed by atoms with Crippen LogP contribution in [0.2, 0.25) is 5.02 Å². The van der Waals surface area contributed by atoms with Crippen LogP contribution in [0, 0.1) is 0 Å². The van der Waals surface area contributed by atoms with E-state index >= 15 is 0 Å². The Bertz CT molecular complexity index is 681. The van der Waals surface area contributed by atoms with E-state index in [2.05, 4.69) is 5.10 Å². The second kappa shape index (κ2) is 5.41. The Balaban J connectivity index is 1.83. The predicted molar refractivity (Wildman–Crippen MR) is 85.2 cm³/mol. The van der Waals surface area contributed by atoms with E-state index in [4.69, 9.17) is 11.6 Å². The lowest BCUT2D eigenvalue weighted by Gasteiger charge is -2.21. The van der Waals surface area contributed by atoms with E-state index in [-0.39, 0.29) is 11.9 Å². The number of amides is 1. The molecule has 2 aliphatic heterocycles. The van der Waals surface area contributed by atoms with Gasteiger partial charge in [0.15, 0.2) is 6.23 Å². The fourth-order valence-corrected chi connectivity index (χ4v) is 2.99. The number of aliphatic hydroxyl groups excluding tert-OH is 1. The molecule has 0 saturated carbocycles. The van der Waals surface area contributed by atoms with Crippen molar-refractivity contribution in [1.29, 1.82) is 0 Å². The van der Waals surface area contributed by atoms with Crippen molar-refractivity contribution in [2.75, 3.05) is 7.05 Å². The Kier molecular flexibility index (Phi) is 3.70. The van der Waals surface area contributed by atoms with E-state index in [9.17, 15) is 9.90 Å². The zero-order valence-corrected chi connectivity index (χ0v) is 13.5. The van der Waals surface area contributed by atoms with Gasteiger partial charge < -0.3 is 5.11 Å². The number of amidine groups is 1. The maximum absolute atomic E-state index is 12.3. The quantitative estimate of drug-likeness (QED) is 0.865. The first kappa shape index (κ1) is 15.1. The van der Waals surface area contributed by atoms with Crippen molar-refractivity contribution in [2.45, 2.75) is 32.5 Å². The molecule has 0 spiro atoms. The number of hydrogen-bond donors (Lipinski definition) is 1. The lowest BCUT2D eigenvalue weighted by molar-refractivity contribution is -0.126. The van der Waals surface area contributed by atoms with E-state index in [0.29, 0.717) is 28.4 Å². The maximum Gasteiger partial charge on any atom is 0.257 e. The third kappa shape index (κ3) is 2.30. The molecule has 0 bridgehead atoms. The second-order valence-electron chi connectivity index (χ2n) is 5.72. The Morgan fingerprint density at radius 2 is 1.91 bits per heavy atom. The van der Waals surface area contributed by atoms with Gasteiger partial charge in [-0.3, -0.25) is 14.7 Å². The average Bonchev–Trinajstić information content (AvgIpc) is 2.95. The Hall–Kier alpha value is -1.85. The van der Waals surface area contributed by atoms with Crippen molar-refractivity contribution in [3.8, 4) is 0 Å². The normalized spacial score (nSPS) is 25.3. The standard InChI is InChI=1S/C16H18ClN3O2/c1-9-10(2)16(22)20(15(9)21)14-8-13(19(3)18-14)11-4-6-12(17)7-5-11/h4-7,13,15,21H,8H2,1-3H3. The van der Waals surface area contributed by atoms with E-state index in [1.807, 2.05) is 36.3 Å². The van der Waals surface area contributed by atoms with Crippen LogP contribution in [0.25, 0.3) is 0 Å². The van der Waals surface area contributed by atoms with Gasteiger partial charge in [-0.1, -0.05) is 23.7 Å². The van der Waals surface area contributed by atoms with Gasteiger partial charge >= 0.3 is 0 Å². The number of hydrogen-bond acceptors (Lipinski definition) is 4. The minimum absolute atomic E-state index is 0.0356. The van der Waals surface area contributed by atoms with Gasteiger partial charge in [0.25, 0.3) is 5.91 Å². The number of aliphatic hydroxyl groups is 1. The summed E-state index contributed by atoms with van der Waals surface area (Å²) in [6, 6.07) is 7.63. The summed E-state index contributed by atoms with van der Waals surface area (Å²) in [5.74, 6) is 0.421. The smallest absolute Gasteiger partial charge is 0.257 e. The zero-order chi connectivity index (χ0) is 16.0. The van der Waals surface area contributed by atoms with E-state index in [1.165, 1.54) is 4.90 Å². The highest BCUT2D eigenvalue weighted by Crippen LogP contribution is 2.34. The average molecular weight is 320 g/mol. The fourth-order valence-electron chi connectivity index (χ4n) is 2.87. The third-order valence-corrected chi connectivity index (χ3v) is 4.65. The molecule has 0 fully saturated rings. The molecular formula is C16H18ClN3O2. The molecular weight excluding hydrogens is 302 g/mol. The minimum Gasteiger partial charge on any atom is -0.369 e. The molecule has 1 amide bonds. The van der Waals surface area contributed by atoms with Gasteiger partial charge in [-0.05, 0) is 37.1 Å². The van der Waals surface area contributed by atoms with Crippen molar-refractivity contribution >= 4 is 23.3 Å². The molecule has 0 saturated heterocycles. The lowest BCUT2D eigenvalue weighted by atomic mass is 10.0. The fraction of sp³-hybridized carbons (Fsp3) is 0.375. The number of nitrogens with zero attached hydrogens (tertiary/aromatic N) is 3. The summed E-state index contributed by atoms with van der Waals surface area (Å²) in [6.07, 6.45) is -0.342. The van der Waals surface area contributed by atoms with Crippen LogP contribution in [-0.4, -0.2) is 40.0 Å². The first-order chi connectivity index (χ1) is 10.4. The van der Waals surface area contributed by atoms with Crippen molar-refractivity contribution in [3.63, 3.8) is 0 Å².